The zero-order valence-electron chi connectivity index (χ0n) is 18.1. The Morgan fingerprint density at radius 2 is 1.84 bits per heavy atom. The zero-order chi connectivity index (χ0) is 21.6. The molecule has 2 amide bonds. The van der Waals surface area contributed by atoms with Gasteiger partial charge in [0.15, 0.2) is 0 Å². The van der Waals surface area contributed by atoms with E-state index in [2.05, 4.69) is 10.2 Å². The van der Waals surface area contributed by atoms with Gasteiger partial charge in [-0.15, -0.1) is 0 Å². The molecule has 2 heterocycles. The number of ether oxygens (including phenoxy) is 1. The van der Waals surface area contributed by atoms with Crippen LogP contribution in [-0.4, -0.2) is 60.9 Å². The molecule has 1 aliphatic heterocycles. The summed E-state index contributed by atoms with van der Waals surface area (Å²) in [4.78, 5) is 30.3. The predicted molar refractivity (Wildman–Crippen MR) is 117 cm³/mol. The Kier molecular flexibility index (Phi) is 6.92. The van der Waals surface area contributed by atoms with Crippen molar-refractivity contribution < 1.29 is 18.7 Å². The molecule has 2 aromatic rings. The van der Waals surface area contributed by atoms with Gasteiger partial charge in [0.05, 0.1) is 31.5 Å². The van der Waals surface area contributed by atoms with Gasteiger partial charge in [0.2, 0.25) is 5.91 Å². The largest absolute Gasteiger partial charge is 0.496 e. The molecule has 1 aromatic carbocycles. The number of benzene rings is 1. The van der Waals surface area contributed by atoms with Crippen LogP contribution in [0.25, 0.3) is 0 Å². The maximum absolute atomic E-state index is 13.2. The number of piperazine rings is 1. The molecular formula is C24H31N3O4. The summed E-state index contributed by atoms with van der Waals surface area (Å²) in [6.45, 7) is 2.99. The smallest absolute Gasteiger partial charge is 0.257 e. The summed E-state index contributed by atoms with van der Waals surface area (Å²) in [5.41, 5.74) is 0.585. The van der Waals surface area contributed by atoms with Gasteiger partial charge in [-0.3, -0.25) is 14.5 Å². The Hall–Kier alpha value is -2.80. The van der Waals surface area contributed by atoms with Crippen molar-refractivity contribution in [1.29, 1.82) is 0 Å². The third-order valence-corrected chi connectivity index (χ3v) is 6.46. The second-order valence-electron chi connectivity index (χ2n) is 8.31. The van der Waals surface area contributed by atoms with Gasteiger partial charge in [-0.25, -0.2) is 0 Å². The number of nitrogens with zero attached hydrogens (tertiary/aromatic N) is 2. The highest BCUT2D eigenvalue weighted by Crippen LogP contribution is 2.31. The number of hydrogen-bond donors (Lipinski definition) is 1. The average Bonchev–Trinajstić information content (AvgIpc) is 3.52. The lowest BCUT2D eigenvalue weighted by atomic mass is 9.95. The fourth-order valence-corrected chi connectivity index (χ4v) is 4.84. The van der Waals surface area contributed by atoms with Crippen LogP contribution in [0.5, 0.6) is 5.75 Å². The van der Waals surface area contributed by atoms with Crippen LogP contribution in [0.3, 0.4) is 0 Å². The maximum atomic E-state index is 13.2. The van der Waals surface area contributed by atoms with E-state index in [4.69, 9.17) is 9.15 Å². The molecule has 7 heteroatoms. The van der Waals surface area contributed by atoms with Crippen LogP contribution >= 0.6 is 0 Å². The Bertz CT molecular complexity index is 869. The van der Waals surface area contributed by atoms with E-state index in [1.54, 1.807) is 19.4 Å². The van der Waals surface area contributed by atoms with E-state index in [-0.39, 0.29) is 17.9 Å². The van der Waals surface area contributed by atoms with Gasteiger partial charge in [-0.05, 0) is 43.0 Å². The molecule has 1 atom stereocenters. The Morgan fingerprint density at radius 1 is 1.10 bits per heavy atom. The summed E-state index contributed by atoms with van der Waals surface area (Å²) >= 11 is 0. The van der Waals surface area contributed by atoms with Crippen molar-refractivity contribution >= 4 is 11.8 Å². The van der Waals surface area contributed by atoms with Crippen molar-refractivity contribution in [2.45, 2.75) is 38.3 Å². The van der Waals surface area contributed by atoms with Crippen molar-refractivity contribution in [3.8, 4) is 5.75 Å². The van der Waals surface area contributed by atoms with E-state index in [9.17, 15) is 9.59 Å². The van der Waals surface area contributed by atoms with Crippen molar-refractivity contribution in [3.63, 3.8) is 0 Å². The number of para-hydroxylation sites is 1. The molecule has 2 fully saturated rings. The minimum atomic E-state index is -0.152. The van der Waals surface area contributed by atoms with Crippen molar-refractivity contribution in [3.05, 3.63) is 54.0 Å². The number of rotatable bonds is 7. The van der Waals surface area contributed by atoms with Crippen LogP contribution in [0.15, 0.2) is 47.1 Å². The molecule has 1 saturated heterocycles. The van der Waals surface area contributed by atoms with E-state index < -0.39 is 0 Å². The number of hydrogen-bond acceptors (Lipinski definition) is 5. The summed E-state index contributed by atoms with van der Waals surface area (Å²) in [5, 5.41) is 3.06. The molecule has 2 aliphatic rings. The summed E-state index contributed by atoms with van der Waals surface area (Å²) < 4.78 is 10.7. The molecule has 1 saturated carbocycles. The number of methoxy groups -OCH3 is 1. The summed E-state index contributed by atoms with van der Waals surface area (Å²) in [5.74, 6) is 1.76. The molecule has 0 unspecified atom stereocenters. The van der Waals surface area contributed by atoms with Gasteiger partial charge >= 0.3 is 0 Å². The molecule has 7 nitrogen and oxygen atoms in total. The Morgan fingerprint density at radius 3 is 2.52 bits per heavy atom. The first kappa shape index (κ1) is 21.4. The number of carbonyl (C=O) groups is 2. The molecular weight excluding hydrogens is 394 g/mol. The van der Waals surface area contributed by atoms with Crippen LogP contribution in [0.1, 0.15) is 41.8 Å². The van der Waals surface area contributed by atoms with Crippen LogP contribution in [0.4, 0.5) is 0 Å². The normalized spacial score (nSPS) is 18.7. The standard InChI is InChI=1S/C24H31N3O4/c1-30-21-11-5-4-10-20(21)24(29)27-14-12-26(13-15-27)22(18-7-2-3-8-18)23(28)25-17-19-9-6-16-31-19/h4-6,9-11,16,18,22H,2-3,7-8,12-15,17H2,1H3,(H,25,28)/t22-/m1/s1. The Balaban J connectivity index is 1.40. The average molecular weight is 426 g/mol. The van der Waals surface area contributed by atoms with Crippen LogP contribution in [0.2, 0.25) is 0 Å². The third-order valence-electron chi connectivity index (χ3n) is 6.46. The highest BCUT2D eigenvalue weighted by Gasteiger charge is 2.37. The maximum Gasteiger partial charge on any atom is 0.257 e. The van der Waals surface area contributed by atoms with E-state index in [1.165, 1.54) is 12.8 Å². The van der Waals surface area contributed by atoms with Gasteiger partial charge in [-0.1, -0.05) is 25.0 Å². The van der Waals surface area contributed by atoms with E-state index in [0.29, 0.717) is 50.0 Å². The molecule has 31 heavy (non-hydrogen) atoms. The molecule has 1 aliphatic carbocycles. The second-order valence-corrected chi connectivity index (χ2v) is 8.31. The van der Waals surface area contributed by atoms with Crippen molar-refractivity contribution in [2.24, 2.45) is 5.92 Å². The van der Waals surface area contributed by atoms with Crippen molar-refractivity contribution in [2.75, 3.05) is 33.3 Å². The van der Waals surface area contributed by atoms with E-state index >= 15 is 0 Å². The number of amides is 2. The fraction of sp³-hybridized carbons (Fsp3) is 0.500. The van der Waals surface area contributed by atoms with Crippen LogP contribution in [-0.2, 0) is 11.3 Å². The summed E-state index contributed by atoms with van der Waals surface area (Å²) in [6.07, 6.45) is 6.14. The SMILES string of the molecule is COc1ccccc1C(=O)N1CCN([C@@H](C(=O)NCc2ccco2)C2CCCC2)CC1. The molecule has 166 valence electrons. The Labute approximate surface area is 183 Å². The van der Waals surface area contributed by atoms with Crippen LogP contribution in [0, 0.1) is 5.92 Å². The minimum absolute atomic E-state index is 0.0169. The predicted octanol–water partition coefficient (Wildman–Crippen LogP) is 2.92. The van der Waals surface area contributed by atoms with Gasteiger partial charge in [0.1, 0.15) is 11.5 Å². The molecule has 1 aromatic heterocycles. The highest BCUT2D eigenvalue weighted by molar-refractivity contribution is 5.97. The first-order chi connectivity index (χ1) is 15.2. The first-order valence-corrected chi connectivity index (χ1v) is 11.1. The van der Waals surface area contributed by atoms with E-state index in [1.807, 2.05) is 35.2 Å². The van der Waals surface area contributed by atoms with Gasteiger partial charge < -0.3 is 19.4 Å². The number of furan rings is 1. The first-order valence-electron chi connectivity index (χ1n) is 11.1. The molecule has 0 spiro atoms. The number of carbonyl (C=O) groups excluding carboxylic acids is 2. The third kappa shape index (κ3) is 4.93. The lowest BCUT2D eigenvalue weighted by molar-refractivity contribution is -0.129. The van der Waals surface area contributed by atoms with Gasteiger partial charge in [0, 0.05) is 26.2 Å². The molecule has 1 N–H and O–H groups in total. The van der Waals surface area contributed by atoms with Gasteiger partial charge in [-0.2, -0.15) is 0 Å². The van der Waals surface area contributed by atoms with Crippen molar-refractivity contribution in [1.82, 2.24) is 15.1 Å². The summed E-state index contributed by atoms with van der Waals surface area (Å²) in [6, 6.07) is 10.9. The van der Waals surface area contributed by atoms with Gasteiger partial charge in [0.25, 0.3) is 5.91 Å². The second kappa shape index (κ2) is 10.0. The fourth-order valence-electron chi connectivity index (χ4n) is 4.84. The minimum Gasteiger partial charge on any atom is -0.496 e. The molecule has 0 bridgehead atoms. The summed E-state index contributed by atoms with van der Waals surface area (Å²) in [7, 11) is 1.58. The highest BCUT2D eigenvalue weighted by atomic mass is 16.5. The molecule has 4 rings (SSSR count). The zero-order valence-corrected chi connectivity index (χ0v) is 18.1. The lowest BCUT2D eigenvalue weighted by Gasteiger charge is -2.40. The van der Waals surface area contributed by atoms with E-state index in [0.717, 1.165) is 18.6 Å². The van der Waals surface area contributed by atoms with Crippen LogP contribution < -0.4 is 10.1 Å². The quantitative estimate of drug-likeness (QED) is 0.738. The topological polar surface area (TPSA) is 75.0 Å². The number of nitrogens with one attached hydrogen (secondary N) is 1. The molecule has 0 radical (unpaired) electrons. The lowest BCUT2D eigenvalue weighted by Crippen LogP contribution is -2.57. The monoisotopic (exact) mass is 425 g/mol.